The first-order chi connectivity index (χ1) is 30.7. The van der Waals surface area contributed by atoms with Crippen molar-refractivity contribution in [2.45, 2.75) is 0 Å². The minimum Gasteiger partial charge on any atom is -0.308 e. The Balaban J connectivity index is 1.10. The number of aromatic nitrogens is 2. The van der Waals surface area contributed by atoms with E-state index >= 15 is 0 Å². The lowest BCUT2D eigenvalue weighted by Gasteiger charge is -2.27. The van der Waals surface area contributed by atoms with Crippen LogP contribution >= 0.6 is 0 Å². The van der Waals surface area contributed by atoms with Crippen LogP contribution in [0.4, 0.5) is 34.1 Å². The number of nitriles is 2. The Morgan fingerprint density at radius 3 is 1.13 bits per heavy atom. The number of fused-ring (bicyclic) bond motifs is 12. The highest BCUT2D eigenvalue weighted by atomic mass is 15.2. The molecule has 0 N–H and O–H groups in total. The molecule has 13 aromatic rings. The van der Waals surface area contributed by atoms with Crippen LogP contribution in [0.15, 0.2) is 194 Å². The Hall–Kier alpha value is -8.84. The first kappa shape index (κ1) is 34.1. The largest absolute Gasteiger partial charge is 0.308 e. The summed E-state index contributed by atoms with van der Waals surface area (Å²) < 4.78 is 4.90. The monoisotopic (exact) mass is 788 g/mol. The molecule has 0 amide bonds. The Morgan fingerprint density at radius 2 is 0.694 bits per heavy atom. The van der Waals surface area contributed by atoms with Gasteiger partial charge in [-0.05, 0) is 84.9 Å². The van der Waals surface area contributed by atoms with E-state index in [1.807, 2.05) is 84.9 Å². The van der Waals surface area contributed by atoms with Gasteiger partial charge in [0, 0.05) is 54.5 Å². The first-order valence-electron chi connectivity index (χ1n) is 20.7. The Morgan fingerprint density at radius 1 is 0.323 bits per heavy atom. The predicted octanol–water partition coefficient (Wildman–Crippen LogP) is 14.7. The molecule has 286 valence electrons. The van der Waals surface area contributed by atoms with Gasteiger partial charge < -0.3 is 18.6 Å². The number of para-hydroxylation sites is 6. The first-order valence-corrected chi connectivity index (χ1v) is 20.7. The van der Waals surface area contributed by atoms with E-state index in [4.69, 9.17) is 0 Å². The van der Waals surface area contributed by atoms with E-state index in [1.54, 1.807) is 0 Å². The zero-order valence-electron chi connectivity index (χ0n) is 33.2. The lowest BCUT2D eigenvalue weighted by Crippen LogP contribution is -2.11. The van der Waals surface area contributed by atoms with Crippen molar-refractivity contribution in [3.8, 4) is 12.1 Å². The average Bonchev–Trinajstić information content (AvgIpc) is 4.06. The molecule has 0 saturated carbocycles. The van der Waals surface area contributed by atoms with Crippen LogP contribution in [0.3, 0.4) is 0 Å². The quantitative estimate of drug-likeness (QED) is 0.168. The summed E-state index contributed by atoms with van der Waals surface area (Å²) in [4.78, 5) is 4.46. The van der Waals surface area contributed by atoms with Gasteiger partial charge in [0.05, 0.1) is 67.0 Å². The number of hydrogen-bond acceptors (Lipinski definition) is 4. The number of benzene rings is 9. The zero-order chi connectivity index (χ0) is 41.1. The molecule has 0 aliphatic heterocycles. The molecular formula is C56H32N6. The van der Waals surface area contributed by atoms with Gasteiger partial charge in [0.2, 0.25) is 0 Å². The zero-order valence-corrected chi connectivity index (χ0v) is 33.2. The van der Waals surface area contributed by atoms with Crippen molar-refractivity contribution in [3.05, 3.63) is 205 Å². The highest BCUT2D eigenvalue weighted by molar-refractivity contribution is 6.31. The van der Waals surface area contributed by atoms with Gasteiger partial charge in [-0.15, -0.1) is 0 Å². The molecule has 0 radical (unpaired) electrons. The van der Waals surface area contributed by atoms with Crippen molar-refractivity contribution < 1.29 is 0 Å². The SMILES string of the molecule is N#Cc1ccccc1N(c1ccccc1)c1cccc2c1c1cccc3c4cc5c(cc4n2c31)c1cccc2c3c(N(c4ccccc4)c4ccccc4C#N)cccc3n5c12. The van der Waals surface area contributed by atoms with Crippen LogP contribution in [-0.2, 0) is 0 Å². The second-order valence-electron chi connectivity index (χ2n) is 15.9. The maximum Gasteiger partial charge on any atom is 0.101 e. The summed E-state index contributed by atoms with van der Waals surface area (Å²) in [6.45, 7) is 0. The van der Waals surface area contributed by atoms with Gasteiger partial charge in [0.1, 0.15) is 12.1 Å². The van der Waals surface area contributed by atoms with Crippen molar-refractivity contribution in [3.63, 3.8) is 0 Å². The fraction of sp³-hybridized carbons (Fsp3) is 0. The second-order valence-corrected chi connectivity index (χ2v) is 15.9. The molecule has 4 heterocycles. The summed E-state index contributed by atoms with van der Waals surface area (Å²) in [6.07, 6.45) is 0. The lowest BCUT2D eigenvalue weighted by atomic mass is 10.0. The van der Waals surface area contributed by atoms with E-state index in [-0.39, 0.29) is 0 Å². The fourth-order valence-corrected chi connectivity index (χ4v) is 10.4. The molecule has 4 aromatic heterocycles. The average molecular weight is 789 g/mol. The predicted molar refractivity (Wildman–Crippen MR) is 255 cm³/mol. The molecule has 13 rings (SSSR count). The molecular weight excluding hydrogens is 757 g/mol. The van der Waals surface area contributed by atoms with Crippen molar-refractivity contribution in [1.29, 1.82) is 10.5 Å². The molecule has 0 atom stereocenters. The van der Waals surface area contributed by atoms with E-state index in [0.29, 0.717) is 11.1 Å². The maximum absolute atomic E-state index is 10.3. The molecule has 0 aliphatic carbocycles. The van der Waals surface area contributed by atoms with Gasteiger partial charge in [-0.2, -0.15) is 10.5 Å². The summed E-state index contributed by atoms with van der Waals surface area (Å²) in [5.74, 6) is 0. The summed E-state index contributed by atoms with van der Waals surface area (Å²) >= 11 is 0. The molecule has 9 aromatic carbocycles. The van der Waals surface area contributed by atoms with Gasteiger partial charge in [-0.25, -0.2) is 0 Å². The fourth-order valence-electron chi connectivity index (χ4n) is 10.4. The van der Waals surface area contributed by atoms with Crippen LogP contribution in [0.25, 0.3) is 76.2 Å². The van der Waals surface area contributed by atoms with Crippen LogP contribution in [0.5, 0.6) is 0 Å². The second kappa shape index (κ2) is 12.8. The van der Waals surface area contributed by atoms with Gasteiger partial charge in [0.25, 0.3) is 0 Å². The van der Waals surface area contributed by atoms with Crippen molar-refractivity contribution in [2.24, 2.45) is 0 Å². The number of nitrogens with zero attached hydrogens (tertiary/aromatic N) is 6. The van der Waals surface area contributed by atoms with Gasteiger partial charge in [-0.3, -0.25) is 0 Å². The third-order valence-electron chi connectivity index (χ3n) is 12.8. The Bertz CT molecular complexity index is 3750. The van der Waals surface area contributed by atoms with E-state index in [0.717, 1.165) is 77.7 Å². The van der Waals surface area contributed by atoms with Crippen molar-refractivity contribution in [1.82, 2.24) is 8.80 Å². The number of rotatable bonds is 6. The normalized spacial score (nSPS) is 11.8. The third-order valence-corrected chi connectivity index (χ3v) is 12.8. The smallest absolute Gasteiger partial charge is 0.101 e. The molecule has 0 saturated heterocycles. The van der Waals surface area contributed by atoms with Crippen LogP contribution in [0, 0.1) is 22.7 Å². The molecule has 0 unspecified atom stereocenters. The molecule has 6 nitrogen and oxygen atoms in total. The summed E-state index contributed by atoms with van der Waals surface area (Å²) in [7, 11) is 0. The highest BCUT2D eigenvalue weighted by Crippen LogP contribution is 2.50. The maximum atomic E-state index is 10.3. The minimum absolute atomic E-state index is 0.614. The van der Waals surface area contributed by atoms with E-state index in [9.17, 15) is 10.5 Å². The summed E-state index contributed by atoms with van der Waals surface area (Å²) in [5, 5.41) is 30.0. The molecule has 0 fully saturated rings. The molecule has 62 heavy (non-hydrogen) atoms. The van der Waals surface area contributed by atoms with E-state index in [1.165, 1.54) is 32.6 Å². The van der Waals surface area contributed by atoms with Crippen LogP contribution < -0.4 is 9.80 Å². The standard InChI is InChI=1S/C56H32N6/c57-33-35-15-7-9-25-45(35)59(37-17-3-1-4-18-37)47-27-13-29-49-53(47)41-23-11-21-39-43-32-52-44(31-51(43)61(49)55(39)41)40-22-12-24-42-54-48(28-14-30-50(54)62(52)56(40)42)60(38-19-5-2-6-20-38)46-26-10-8-16-36(46)34-58/h1-32H. The van der Waals surface area contributed by atoms with E-state index < -0.39 is 0 Å². The summed E-state index contributed by atoms with van der Waals surface area (Å²) in [6, 6.07) is 72.5. The van der Waals surface area contributed by atoms with E-state index in [2.05, 4.69) is 140 Å². The Kier molecular flexibility index (Phi) is 7.05. The minimum atomic E-state index is 0.614. The van der Waals surface area contributed by atoms with Gasteiger partial charge in [0.15, 0.2) is 0 Å². The van der Waals surface area contributed by atoms with Crippen LogP contribution in [-0.4, -0.2) is 8.80 Å². The van der Waals surface area contributed by atoms with Gasteiger partial charge in [-0.1, -0.05) is 109 Å². The van der Waals surface area contributed by atoms with Gasteiger partial charge >= 0.3 is 0 Å². The molecule has 6 heteroatoms. The van der Waals surface area contributed by atoms with Crippen LogP contribution in [0.1, 0.15) is 11.1 Å². The molecule has 0 aliphatic rings. The molecule has 0 bridgehead atoms. The van der Waals surface area contributed by atoms with Crippen molar-refractivity contribution in [2.75, 3.05) is 9.80 Å². The topological polar surface area (TPSA) is 62.9 Å². The Labute approximate surface area is 355 Å². The number of anilines is 6. The highest BCUT2D eigenvalue weighted by Gasteiger charge is 2.27. The van der Waals surface area contributed by atoms with Crippen LogP contribution in [0.2, 0.25) is 0 Å². The third kappa shape index (κ3) is 4.50. The number of hydrogen-bond donors (Lipinski definition) is 0. The lowest BCUT2D eigenvalue weighted by molar-refractivity contribution is 1.28. The van der Waals surface area contributed by atoms with Crippen molar-refractivity contribution >= 4 is 110 Å². The molecule has 0 spiro atoms. The summed E-state index contributed by atoms with van der Waals surface area (Å²) in [5.41, 5.74) is 13.8.